The molecule has 1 atom stereocenters. The highest BCUT2D eigenvalue weighted by molar-refractivity contribution is 6.08. The van der Waals surface area contributed by atoms with Gasteiger partial charge in [0.05, 0.1) is 26.5 Å². The van der Waals surface area contributed by atoms with E-state index in [0.29, 0.717) is 22.7 Å². The number of fused-ring (bicyclic) bond motifs is 1. The predicted octanol–water partition coefficient (Wildman–Crippen LogP) is 2.58. The Hall–Kier alpha value is -3.02. The SMILES string of the molecule is COC(=O)[C@@H]1CN(C(=O)c2ccc(OC)c(C)c2)c2ccccc2O1. The average Bonchev–Trinajstić information content (AvgIpc) is 2.65. The van der Waals surface area contributed by atoms with Gasteiger partial charge < -0.3 is 19.1 Å². The number of amides is 1. The molecule has 0 unspecified atom stereocenters. The van der Waals surface area contributed by atoms with E-state index in [-0.39, 0.29) is 12.5 Å². The van der Waals surface area contributed by atoms with Crippen molar-refractivity contribution in [2.75, 3.05) is 25.7 Å². The van der Waals surface area contributed by atoms with E-state index in [1.54, 1.807) is 48.4 Å². The number of aryl methyl sites for hydroxylation is 1. The van der Waals surface area contributed by atoms with Gasteiger partial charge in [0.2, 0.25) is 6.10 Å². The molecule has 1 aliphatic rings. The van der Waals surface area contributed by atoms with Gasteiger partial charge in [0.25, 0.3) is 5.91 Å². The van der Waals surface area contributed by atoms with E-state index in [9.17, 15) is 9.59 Å². The zero-order valence-electron chi connectivity index (χ0n) is 14.3. The third-order valence-corrected chi connectivity index (χ3v) is 4.12. The summed E-state index contributed by atoms with van der Waals surface area (Å²) >= 11 is 0. The number of benzene rings is 2. The van der Waals surface area contributed by atoms with E-state index in [0.717, 1.165) is 5.56 Å². The molecule has 0 spiro atoms. The standard InChI is InChI=1S/C19H19NO5/c1-12-10-13(8-9-15(12)23-2)18(21)20-11-17(19(22)24-3)25-16-7-5-4-6-14(16)20/h4-10,17H,11H2,1-3H3/t17-/m0/s1. The van der Waals surface area contributed by atoms with Gasteiger partial charge in [-0.25, -0.2) is 4.79 Å². The van der Waals surface area contributed by atoms with Crippen molar-refractivity contribution in [3.63, 3.8) is 0 Å². The maximum absolute atomic E-state index is 13.0. The van der Waals surface area contributed by atoms with E-state index < -0.39 is 12.1 Å². The number of esters is 1. The van der Waals surface area contributed by atoms with Crippen LogP contribution < -0.4 is 14.4 Å². The van der Waals surface area contributed by atoms with Crippen molar-refractivity contribution < 1.29 is 23.8 Å². The Labute approximate surface area is 145 Å². The van der Waals surface area contributed by atoms with Crippen LogP contribution in [0.5, 0.6) is 11.5 Å². The van der Waals surface area contributed by atoms with Gasteiger partial charge in [0, 0.05) is 5.56 Å². The Kier molecular flexibility index (Phi) is 4.61. The number of anilines is 1. The Morgan fingerprint density at radius 1 is 1.16 bits per heavy atom. The summed E-state index contributed by atoms with van der Waals surface area (Å²) in [5.41, 5.74) is 2.00. The van der Waals surface area contributed by atoms with Crippen molar-refractivity contribution in [3.8, 4) is 11.5 Å². The molecule has 1 amide bonds. The Bertz CT molecular complexity index is 817. The average molecular weight is 341 g/mol. The Balaban J connectivity index is 1.98. The zero-order valence-corrected chi connectivity index (χ0v) is 14.3. The van der Waals surface area contributed by atoms with E-state index in [1.807, 2.05) is 13.0 Å². The number of hydrogen-bond acceptors (Lipinski definition) is 5. The molecule has 25 heavy (non-hydrogen) atoms. The summed E-state index contributed by atoms with van der Waals surface area (Å²) in [6.45, 7) is 1.97. The van der Waals surface area contributed by atoms with Gasteiger partial charge in [-0.1, -0.05) is 12.1 Å². The van der Waals surface area contributed by atoms with Gasteiger partial charge in [-0.05, 0) is 42.8 Å². The number of para-hydroxylation sites is 2. The van der Waals surface area contributed by atoms with E-state index >= 15 is 0 Å². The number of ether oxygens (including phenoxy) is 3. The lowest BCUT2D eigenvalue weighted by Crippen LogP contribution is -2.47. The summed E-state index contributed by atoms with van der Waals surface area (Å²) in [6, 6.07) is 12.4. The smallest absolute Gasteiger partial charge is 0.348 e. The van der Waals surface area contributed by atoms with Gasteiger partial charge >= 0.3 is 5.97 Å². The second-order valence-corrected chi connectivity index (χ2v) is 5.70. The number of carbonyl (C=O) groups is 2. The maximum atomic E-state index is 13.0. The minimum atomic E-state index is -0.858. The summed E-state index contributed by atoms with van der Waals surface area (Å²) in [5, 5.41) is 0. The molecule has 0 bridgehead atoms. The lowest BCUT2D eigenvalue weighted by Gasteiger charge is -2.33. The minimum absolute atomic E-state index is 0.0909. The molecule has 0 aliphatic carbocycles. The van der Waals surface area contributed by atoms with Crippen molar-refractivity contribution in [2.45, 2.75) is 13.0 Å². The second kappa shape index (κ2) is 6.84. The molecule has 0 fully saturated rings. The molecule has 3 rings (SSSR count). The quantitative estimate of drug-likeness (QED) is 0.803. The molecule has 0 aromatic heterocycles. The first-order valence-electron chi connectivity index (χ1n) is 7.85. The van der Waals surface area contributed by atoms with Crippen LogP contribution in [0, 0.1) is 6.92 Å². The molecule has 2 aromatic carbocycles. The first kappa shape index (κ1) is 16.8. The fraction of sp³-hybridized carbons (Fsp3) is 0.263. The predicted molar refractivity (Wildman–Crippen MR) is 92.3 cm³/mol. The fourth-order valence-corrected chi connectivity index (χ4v) is 2.85. The van der Waals surface area contributed by atoms with Crippen LogP contribution >= 0.6 is 0 Å². The number of nitrogens with zero attached hydrogens (tertiary/aromatic N) is 1. The number of methoxy groups -OCH3 is 2. The molecule has 0 N–H and O–H groups in total. The molecular formula is C19H19NO5. The molecule has 6 nitrogen and oxygen atoms in total. The number of rotatable bonds is 3. The van der Waals surface area contributed by atoms with E-state index in [2.05, 4.69) is 0 Å². The third-order valence-electron chi connectivity index (χ3n) is 4.12. The van der Waals surface area contributed by atoms with Crippen molar-refractivity contribution in [1.29, 1.82) is 0 Å². The van der Waals surface area contributed by atoms with Crippen LogP contribution in [0.15, 0.2) is 42.5 Å². The fourth-order valence-electron chi connectivity index (χ4n) is 2.85. The van der Waals surface area contributed by atoms with Crippen molar-refractivity contribution in [3.05, 3.63) is 53.6 Å². The second-order valence-electron chi connectivity index (χ2n) is 5.70. The Morgan fingerprint density at radius 2 is 1.92 bits per heavy atom. The van der Waals surface area contributed by atoms with Gasteiger partial charge in [0.1, 0.15) is 11.5 Å². The van der Waals surface area contributed by atoms with Crippen molar-refractivity contribution >= 4 is 17.6 Å². The lowest BCUT2D eigenvalue weighted by atomic mass is 10.1. The number of carbonyl (C=O) groups excluding carboxylic acids is 2. The zero-order chi connectivity index (χ0) is 18.0. The highest BCUT2D eigenvalue weighted by atomic mass is 16.6. The topological polar surface area (TPSA) is 65.1 Å². The van der Waals surface area contributed by atoms with Crippen molar-refractivity contribution in [1.82, 2.24) is 0 Å². The first-order chi connectivity index (χ1) is 12.0. The molecule has 0 saturated carbocycles. The van der Waals surface area contributed by atoms with Crippen LogP contribution in [-0.2, 0) is 9.53 Å². The van der Waals surface area contributed by atoms with Gasteiger partial charge in [0.15, 0.2) is 0 Å². The maximum Gasteiger partial charge on any atom is 0.348 e. The first-order valence-corrected chi connectivity index (χ1v) is 7.85. The largest absolute Gasteiger partial charge is 0.496 e. The molecule has 130 valence electrons. The van der Waals surface area contributed by atoms with Gasteiger partial charge in [-0.15, -0.1) is 0 Å². The monoisotopic (exact) mass is 341 g/mol. The molecule has 2 aromatic rings. The summed E-state index contributed by atoms with van der Waals surface area (Å²) in [7, 11) is 2.88. The summed E-state index contributed by atoms with van der Waals surface area (Å²) in [4.78, 5) is 26.5. The summed E-state index contributed by atoms with van der Waals surface area (Å²) < 4.78 is 15.7. The van der Waals surface area contributed by atoms with Crippen LogP contribution in [0.3, 0.4) is 0 Å². The van der Waals surface area contributed by atoms with Gasteiger partial charge in [-0.2, -0.15) is 0 Å². The molecular weight excluding hydrogens is 322 g/mol. The van der Waals surface area contributed by atoms with E-state index in [4.69, 9.17) is 14.2 Å². The Morgan fingerprint density at radius 3 is 2.60 bits per heavy atom. The molecule has 1 aliphatic heterocycles. The van der Waals surface area contributed by atoms with Crippen LogP contribution in [0.1, 0.15) is 15.9 Å². The van der Waals surface area contributed by atoms with Crippen LogP contribution in [0.25, 0.3) is 0 Å². The van der Waals surface area contributed by atoms with E-state index in [1.165, 1.54) is 7.11 Å². The van der Waals surface area contributed by atoms with Gasteiger partial charge in [-0.3, -0.25) is 4.79 Å². The minimum Gasteiger partial charge on any atom is -0.496 e. The van der Waals surface area contributed by atoms with Crippen LogP contribution in [-0.4, -0.2) is 38.7 Å². The highest BCUT2D eigenvalue weighted by Crippen LogP contribution is 2.34. The third kappa shape index (κ3) is 3.15. The van der Waals surface area contributed by atoms with Crippen LogP contribution in [0.4, 0.5) is 5.69 Å². The highest BCUT2D eigenvalue weighted by Gasteiger charge is 2.34. The molecule has 0 radical (unpaired) electrons. The van der Waals surface area contributed by atoms with Crippen LogP contribution in [0.2, 0.25) is 0 Å². The lowest BCUT2D eigenvalue weighted by molar-refractivity contribution is -0.148. The normalized spacial score (nSPS) is 15.8. The molecule has 6 heteroatoms. The molecule has 1 heterocycles. The summed E-state index contributed by atoms with van der Waals surface area (Å²) in [5.74, 6) is 0.461. The molecule has 0 saturated heterocycles. The summed E-state index contributed by atoms with van der Waals surface area (Å²) in [6.07, 6.45) is -0.858. The number of hydrogen-bond donors (Lipinski definition) is 0. The van der Waals surface area contributed by atoms with Crippen molar-refractivity contribution in [2.24, 2.45) is 0 Å².